The highest BCUT2D eigenvalue weighted by atomic mass is 19.4. The molecule has 0 aliphatic carbocycles. The van der Waals surface area contributed by atoms with E-state index in [-0.39, 0.29) is 24.1 Å². The monoisotopic (exact) mass is 337 g/mol. The molecule has 1 saturated heterocycles. The molecular weight excluding hydrogens is 323 g/mol. The fourth-order valence-corrected chi connectivity index (χ4v) is 2.95. The second kappa shape index (κ2) is 6.20. The lowest BCUT2D eigenvalue weighted by Crippen LogP contribution is -2.32. The molecule has 1 fully saturated rings. The lowest BCUT2D eigenvalue weighted by Gasteiger charge is -2.27. The van der Waals surface area contributed by atoms with Crippen molar-refractivity contribution in [1.29, 1.82) is 0 Å². The summed E-state index contributed by atoms with van der Waals surface area (Å²) < 4.78 is 39.8. The first-order valence-corrected chi connectivity index (χ1v) is 7.28. The first kappa shape index (κ1) is 16.4. The highest BCUT2D eigenvalue weighted by Gasteiger charge is 2.41. The van der Waals surface area contributed by atoms with Gasteiger partial charge in [0, 0.05) is 18.9 Å². The van der Waals surface area contributed by atoms with Crippen LogP contribution < -0.4 is 0 Å². The van der Waals surface area contributed by atoms with Crippen molar-refractivity contribution in [1.82, 2.24) is 14.9 Å². The second-order valence-corrected chi connectivity index (χ2v) is 5.58. The van der Waals surface area contributed by atoms with Crippen LogP contribution in [0.4, 0.5) is 13.2 Å². The second-order valence-electron chi connectivity index (χ2n) is 5.58. The molecule has 2 heterocycles. The van der Waals surface area contributed by atoms with Crippen LogP contribution in [0.15, 0.2) is 43.0 Å². The lowest BCUT2D eigenvalue weighted by atomic mass is 9.97. The van der Waals surface area contributed by atoms with E-state index in [1.165, 1.54) is 41.8 Å². The van der Waals surface area contributed by atoms with E-state index in [9.17, 15) is 23.1 Å². The van der Waals surface area contributed by atoms with Crippen LogP contribution in [-0.4, -0.2) is 38.5 Å². The van der Waals surface area contributed by atoms with Crippen molar-refractivity contribution in [2.24, 2.45) is 0 Å². The maximum atomic E-state index is 13.3. The molecule has 1 aliphatic heterocycles. The summed E-state index contributed by atoms with van der Waals surface area (Å²) in [6.45, 7) is -0.0371. The number of halogens is 3. The third-order valence-electron chi connectivity index (χ3n) is 3.97. The van der Waals surface area contributed by atoms with E-state index in [1.807, 2.05) is 0 Å². The molecule has 3 rings (SSSR count). The Morgan fingerprint density at radius 2 is 1.88 bits per heavy atom. The van der Waals surface area contributed by atoms with Crippen LogP contribution in [0, 0.1) is 0 Å². The van der Waals surface area contributed by atoms with Gasteiger partial charge in [0.25, 0.3) is 5.91 Å². The largest absolute Gasteiger partial charge is 0.416 e. The minimum atomic E-state index is -4.53. The van der Waals surface area contributed by atoms with Crippen LogP contribution in [0.5, 0.6) is 0 Å². The molecule has 2 aromatic rings. The summed E-state index contributed by atoms with van der Waals surface area (Å²) in [6.07, 6.45) is -1.52. The predicted molar refractivity (Wildman–Crippen MR) is 77.9 cm³/mol. The minimum Gasteiger partial charge on any atom is -0.391 e. The molecule has 5 nitrogen and oxygen atoms in total. The lowest BCUT2D eigenvalue weighted by molar-refractivity contribution is -0.138. The van der Waals surface area contributed by atoms with Crippen LogP contribution in [0.3, 0.4) is 0 Å². The Kier molecular flexibility index (Phi) is 4.23. The number of amides is 1. The third kappa shape index (κ3) is 3.09. The van der Waals surface area contributed by atoms with Gasteiger partial charge in [0.05, 0.1) is 23.3 Å². The van der Waals surface area contributed by atoms with Crippen molar-refractivity contribution in [3.8, 4) is 0 Å². The van der Waals surface area contributed by atoms with Gasteiger partial charge < -0.3 is 10.0 Å². The summed E-state index contributed by atoms with van der Waals surface area (Å²) in [5, 5.41) is 9.91. The Balaban J connectivity index is 1.99. The van der Waals surface area contributed by atoms with E-state index < -0.39 is 29.8 Å². The van der Waals surface area contributed by atoms with Gasteiger partial charge in [0.2, 0.25) is 0 Å². The Hall–Kier alpha value is -2.48. The van der Waals surface area contributed by atoms with E-state index in [0.29, 0.717) is 0 Å². The van der Waals surface area contributed by atoms with Crippen LogP contribution in [0.1, 0.15) is 33.9 Å². The number of benzene rings is 1. The molecule has 126 valence electrons. The van der Waals surface area contributed by atoms with Crippen molar-refractivity contribution in [2.75, 3.05) is 6.54 Å². The molecule has 24 heavy (non-hydrogen) atoms. The van der Waals surface area contributed by atoms with Gasteiger partial charge in [0.1, 0.15) is 6.33 Å². The summed E-state index contributed by atoms with van der Waals surface area (Å²) in [4.78, 5) is 21.3. The number of carbonyl (C=O) groups excluding carboxylic acids is 1. The number of alkyl halides is 3. The zero-order chi connectivity index (χ0) is 17.3. The Bertz CT molecular complexity index is 737. The van der Waals surface area contributed by atoms with Crippen molar-refractivity contribution in [3.05, 3.63) is 59.7 Å². The van der Waals surface area contributed by atoms with Crippen LogP contribution in [0.2, 0.25) is 0 Å². The summed E-state index contributed by atoms with van der Waals surface area (Å²) in [5.74, 6) is -0.505. The van der Waals surface area contributed by atoms with E-state index in [0.717, 1.165) is 6.07 Å². The van der Waals surface area contributed by atoms with E-state index in [2.05, 4.69) is 9.97 Å². The topological polar surface area (TPSA) is 66.3 Å². The van der Waals surface area contributed by atoms with E-state index in [1.54, 1.807) is 0 Å². The average Bonchev–Trinajstić information content (AvgIpc) is 2.96. The highest BCUT2D eigenvalue weighted by Crippen LogP contribution is 2.40. The molecule has 0 radical (unpaired) electrons. The predicted octanol–water partition coefficient (Wildman–Crippen LogP) is 2.44. The zero-order valence-corrected chi connectivity index (χ0v) is 12.4. The minimum absolute atomic E-state index is 0.0215. The molecular formula is C16H14F3N3O2. The quantitative estimate of drug-likeness (QED) is 0.914. The number of rotatable bonds is 2. The standard InChI is InChI=1S/C16H14F3N3O2/c17-16(18,19)13-4-2-1-3-12(13)14-5-11(23)8-22(14)15(24)10-6-20-9-21-7-10/h1-4,6-7,9,11,14,23H,5,8H2/t11-,14+/m1/s1. The number of aliphatic hydroxyl groups is 1. The zero-order valence-electron chi connectivity index (χ0n) is 12.4. The van der Waals surface area contributed by atoms with E-state index in [4.69, 9.17) is 0 Å². The number of aliphatic hydroxyl groups excluding tert-OH is 1. The summed E-state index contributed by atoms with van der Waals surface area (Å²) >= 11 is 0. The van der Waals surface area contributed by atoms with Gasteiger partial charge in [-0.2, -0.15) is 13.2 Å². The fraction of sp³-hybridized carbons (Fsp3) is 0.312. The smallest absolute Gasteiger partial charge is 0.391 e. The number of likely N-dealkylation sites (tertiary alicyclic amines) is 1. The van der Waals surface area contributed by atoms with Crippen molar-refractivity contribution in [2.45, 2.75) is 24.7 Å². The van der Waals surface area contributed by atoms with Gasteiger partial charge in [-0.15, -0.1) is 0 Å². The number of carbonyl (C=O) groups is 1. The molecule has 1 aliphatic rings. The molecule has 1 amide bonds. The van der Waals surface area contributed by atoms with Crippen LogP contribution in [-0.2, 0) is 6.18 Å². The van der Waals surface area contributed by atoms with Crippen LogP contribution in [0.25, 0.3) is 0 Å². The molecule has 1 N–H and O–H groups in total. The Morgan fingerprint density at radius 1 is 1.21 bits per heavy atom. The normalized spacial score (nSPS) is 21.1. The van der Waals surface area contributed by atoms with Gasteiger partial charge in [-0.25, -0.2) is 9.97 Å². The number of aromatic nitrogens is 2. The van der Waals surface area contributed by atoms with Crippen molar-refractivity contribution < 1.29 is 23.1 Å². The third-order valence-corrected chi connectivity index (χ3v) is 3.97. The van der Waals surface area contributed by atoms with Gasteiger partial charge in [-0.1, -0.05) is 18.2 Å². The summed E-state index contributed by atoms with van der Waals surface area (Å²) in [6, 6.07) is 4.26. The molecule has 0 spiro atoms. The van der Waals surface area contributed by atoms with Gasteiger partial charge in [0.15, 0.2) is 0 Å². The van der Waals surface area contributed by atoms with Gasteiger partial charge in [-0.05, 0) is 18.1 Å². The number of hydrogen-bond acceptors (Lipinski definition) is 4. The molecule has 0 bridgehead atoms. The van der Waals surface area contributed by atoms with Crippen molar-refractivity contribution in [3.63, 3.8) is 0 Å². The molecule has 8 heteroatoms. The van der Waals surface area contributed by atoms with E-state index >= 15 is 0 Å². The maximum Gasteiger partial charge on any atom is 0.416 e. The van der Waals surface area contributed by atoms with Crippen LogP contribution >= 0.6 is 0 Å². The number of hydrogen-bond donors (Lipinski definition) is 1. The average molecular weight is 337 g/mol. The number of β-amino-alcohol motifs (C(OH)–C–C–N with tert-alkyl or cyclic N) is 1. The molecule has 0 saturated carbocycles. The summed E-state index contributed by atoms with van der Waals surface area (Å²) in [7, 11) is 0. The van der Waals surface area contributed by atoms with Gasteiger partial charge >= 0.3 is 6.18 Å². The number of nitrogens with zero attached hydrogens (tertiary/aromatic N) is 3. The van der Waals surface area contributed by atoms with Crippen molar-refractivity contribution >= 4 is 5.91 Å². The Morgan fingerprint density at radius 3 is 2.54 bits per heavy atom. The molecule has 0 unspecified atom stereocenters. The molecule has 1 aromatic carbocycles. The maximum absolute atomic E-state index is 13.3. The first-order valence-electron chi connectivity index (χ1n) is 7.28. The fourth-order valence-electron chi connectivity index (χ4n) is 2.95. The van der Waals surface area contributed by atoms with Gasteiger partial charge in [-0.3, -0.25) is 4.79 Å². The summed E-state index contributed by atoms with van der Waals surface area (Å²) in [5.41, 5.74) is -0.654. The SMILES string of the molecule is O=C(c1cncnc1)N1C[C@H](O)C[C@H]1c1ccccc1C(F)(F)F. The highest BCUT2D eigenvalue weighted by molar-refractivity contribution is 5.94. The first-order chi connectivity index (χ1) is 11.4. The Labute approximate surface area is 135 Å². The molecule has 2 atom stereocenters. The molecule has 1 aromatic heterocycles.